The van der Waals surface area contributed by atoms with Gasteiger partial charge < -0.3 is 40.2 Å². The number of fused-ring (bicyclic) bond motifs is 1. The van der Waals surface area contributed by atoms with Crippen LogP contribution < -0.4 is 40.2 Å². The molecule has 0 saturated carbocycles. The molecule has 0 aliphatic carbocycles. The number of amides is 4. The standard InChI is InChI=1S/C39H64N4O7S/c1-7-8-9-10-11-12-15-20-28(25-29-27(2)34(47-3)36(49-5)37(50-6)35(29)48-4)38(45)41-24-19-14-13-18-23-40-32(44)22-17-16-21-31-33-30(26-51-31)42-39(46)43-33/h25,30-31,33H,7-24,26H2,1-6H3,(H,40,44)(H,41,45)(H2,42,43,46)/t30?,31?,33-/m0/s1. The van der Waals surface area contributed by atoms with E-state index in [0.29, 0.717) is 59.8 Å². The first-order valence-corrected chi connectivity index (χ1v) is 20.1. The van der Waals surface area contributed by atoms with Crippen LogP contribution in [0, 0.1) is 6.92 Å². The molecule has 0 spiro atoms. The van der Waals surface area contributed by atoms with E-state index < -0.39 is 0 Å². The van der Waals surface area contributed by atoms with Crippen LogP contribution in [0.15, 0.2) is 5.57 Å². The van der Waals surface area contributed by atoms with Crippen LogP contribution in [0.4, 0.5) is 4.79 Å². The van der Waals surface area contributed by atoms with E-state index in [-0.39, 0.29) is 29.9 Å². The minimum absolute atomic E-state index is 0.0552. The van der Waals surface area contributed by atoms with Gasteiger partial charge in [-0.1, -0.05) is 64.7 Å². The van der Waals surface area contributed by atoms with E-state index in [1.165, 1.54) is 32.1 Å². The minimum atomic E-state index is -0.0699. The predicted molar refractivity (Wildman–Crippen MR) is 206 cm³/mol. The van der Waals surface area contributed by atoms with Crippen molar-refractivity contribution in [2.75, 3.05) is 47.3 Å². The van der Waals surface area contributed by atoms with Crippen LogP contribution in [-0.2, 0) is 9.59 Å². The Bertz CT molecular complexity index is 1290. The number of benzene rings is 1. The van der Waals surface area contributed by atoms with Crippen LogP contribution in [0.5, 0.6) is 23.0 Å². The average Bonchev–Trinajstić information content (AvgIpc) is 3.69. The molecule has 11 nitrogen and oxygen atoms in total. The van der Waals surface area contributed by atoms with E-state index in [2.05, 4.69) is 28.2 Å². The predicted octanol–water partition coefficient (Wildman–Crippen LogP) is 7.07. The zero-order valence-corrected chi connectivity index (χ0v) is 32.8. The first-order chi connectivity index (χ1) is 24.8. The number of urea groups is 1. The quantitative estimate of drug-likeness (QED) is 0.0451. The largest absolute Gasteiger partial charge is 0.492 e. The molecular formula is C39H64N4O7S. The van der Waals surface area contributed by atoms with E-state index in [0.717, 1.165) is 74.7 Å². The smallest absolute Gasteiger partial charge is 0.315 e. The molecule has 2 fully saturated rings. The summed E-state index contributed by atoms with van der Waals surface area (Å²) in [6.07, 6.45) is 17.9. The molecule has 2 unspecified atom stereocenters. The molecule has 0 radical (unpaired) electrons. The lowest BCUT2D eigenvalue weighted by atomic mass is 9.98. The molecule has 2 aliphatic rings. The average molecular weight is 733 g/mol. The number of rotatable bonds is 26. The number of carbonyl (C=O) groups is 3. The number of nitrogens with one attached hydrogen (secondary N) is 4. The van der Waals surface area contributed by atoms with Crippen LogP contribution in [0.2, 0.25) is 0 Å². The second-order valence-electron chi connectivity index (χ2n) is 13.6. The lowest BCUT2D eigenvalue weighted by Gasteiger charge is -2.21. The molecule has 12 heteroatoms. The number of carbonyl (C=O) groups excluding carboxylic acids is 3. The maximum absolute atomic E-state index is 13.6. The van der Waals surface area contributed by atoms with Crippen LogP contribution in [0.1, 0.15) is 121 Å². The van der Waals surface area contributed by atoms with Gasteiger partial charge in [0.15, 0.2) is 11.5 Å². The summed E-state index contributed by atoms with van der Waals surface area (Å²) in [5, 5.41) is 12.6. The Balaban J connectivity index is 1.43. The second-order valence-corrected chi connectivity index (χ2v) is 14.9. The molecule has 4 N–H and O–H groups in total. The highest BCUT2D eigenvalue weighted by Crippen LogP contribution is 2.50. The Morgan fingerprint density at radius 2 is 1.33 bits per heavy atom. The summed E-state index contributed by atoms with van der Waals surface area (Å²) in [5.41, 5.74) is 2.25. The van der Waals surface area contributed by atoms with Crippen LogP contribution in [0.3, 0.4) is 0 Å². The first kappa shape index (κ1) is 42.1. The zero-order chi connectivity index (χ0) is 37.0. The summed E-state index contributed by atoms with van der Waals surface area (Å²) in [4.78, 5) is 37.5. The van der Waals surface area contributed by atoms with Gasteiger partial charge in [-0.25, -0.2) is 4.79 Å². The van der Waals surface area contributed by atoms with Crippen molar-refractivity contribution < 1.29 is 33.3 Å². The van der Waals surface area contributed by atoms with Gasteiger partial charge in [0, 0.05) is 47.2 Å². The summed E-state index contributed by atoms with van der Waals surface area (Å²) < 4.78 is 22.8. The third kappa shape index (κ3) is 13.0. The molecule has 4 amide bonds. The van der Waals surface area contributed by atoms with Gasteiger partial charge in [-0.3, -0.25) is 9.59 Å². The maximum Gasteiger partial charge on any atom is 0.315 e. The van der Waals surface area contributed by atoms with Crippen LogP contribution in [0.25, 0.3) is 6.08 Å². The van der Waals surface area contributed by atoms with E-state index in [4.69, 9.17) is 18.9 Å². The fraction of sp³-hybridized carbons (Fsp3) is 0.718. The molecule has 1 aromatic carbocycles. The number of methoxy groups -OCH3 is 4. The third-order valence-electron chi connectivity index (χ3n) is 9.88. The molecule has 3 rings (SSSR count). The van der Waals surface area contributed by atoms with Crippen molar-refractivity contribution in [2.45, 2.75) is 134 Å². The van der Waals surface area contributed by atoms with Crippen LogP contribution >= 0.6 is 11.8 Å². The summed E-state index contributed by atoms with van der Waals surface area (Å²) in [6, 6.07) is 0.413. The number of thioether (sulfide) groups is 1. The lowest BCUT2D eigenvalue weighted by Crippen LogP contribution is -2.36. The van der Waals surface area contributed by atoms with Gasteiger partial charge in [-0.15, -0.1) is 0 Å². The van der Waals surface area contributed by atoms with E-state index in [9.17, 15) is 14.4 Å². The zero-order valence-electron chi connectivity index (χ0n) is 32.0. The fourth-order valence-electron chi connectivity index (χ4n) is 6.99. The molecule has 1 aromatic rings. The van der Waals surface area contributed by atoms with Crippen molar-refractivity contribution in [3.05, 3.63) is 16.7 Å². The molecule has 0 bridgehead atoms. The van der Waals surface area contributed by atoms with Crippen molar-refractivity contribution >= 4 is 35.7 Å². The summed E-state index contributed by atoms with van der Waals surface area (Å²) in [6.45, 7) is 5.42. The van der Waals surface area contributed by atoms with Crippen molar-refractivity contribution in [3.8, 4) is 23.0 Å². The van der Waals surface area contributed by atoms with E-state index >= 15 is 0 Å². The van der Waals surface area contributed by atoms with Gasteiger partial charge in [0.05, 0.1) is 40.5 Å². The Labute approximate surface area is 310 Å². The molecule has 2 heterocycles. The molecule has 3 atom stereocenters. The SMILES string of the molecule is CCCCCCCCCC(=Cc1c(C)c(OC)c(OC)c(OC)c1OC)C(=O)NCCCCCCNC(=O)CCCCC1SCC2NC(=O)N[C@@H]21. The monoisotopic (exact) mass is 732 g/mol. The Morgan fingerprint density at radius 1 is 0.745 bits per heavy atom. The van der Waals surface area contributed by atoms with Crippen molar-refractivity contribution in [2.24, 2.45) is 0 Å². The van der Waals surface area contributed by atoms with Gasteiger partial charge in [0.25, 0.3) is 0 Å². The molecular weight excluding hydrogens is 669 g/mol. The van der Waals surface area contributed by atoms with Crippen molar-refractivity contribution in [1.29, 1.82) is 0 Å². The number of ether oxygens (including phenoxy) is 4. The highest BCUT2D eigenvalue weighted by atomic mass is 32.2. The maximum atomic E-state index is 13.6. The number of hydrogen-bond donors (Lipinski definition) is 4. The van der Waals surface area contributed by atoms with Crippen molar-refractivity contribution in [1.82, 2.24) is 21.3 Å². The Hall–Kier alpha value is -3.28. The van der Waals surface area contributed by atoms with Gasteiger partial charge in [-0.05, 0) is 51.5 Å². The topological polar surface area (TPSA) is 136 Å². The first-order valence-electron chi connectivity index (χ1n) is 19.1. The second kappa shape index (κ2) is 23.3. The fourth-order valence-corrected chi connectivity index (χ4v) is 8.54. The van der Waals surface area contributed by atoms with Gasteiger partial charge in [-0.2, -0.15) is 11.8 Å². The summed E-state index contributed by atoms with van der Waals surface area (Å²) in [7, 11) is 6.31. The van der Waals surface area contributed by atoms with E-state index in [1.807, 2.05) is 24.8 Å². The third-order valence-corrected chi connectivity index (χ3v) is 11.4. The molecule has 51 heavy (non-hydrogen) atoms. The van der Waals surface area contributed by atoms with Gasteiger partial charge in [0.2, 0.25) is 23.3 Å². The summed E-state index contributed by atoms with van der Waals surface area (Å²) in [5.74, 6) is 2.93. The van der Waals surface area contributed by atoms with Gasteiger partial charge >= 0.3 is 6.03 Å². The van der Waals surface area contributed by atoms with Gasteiger partial charge in [0.1, 0.15) is 0 Å². The minimum Gasteiger partial charge on any atom is -0.492 e. The lowest BCUT2D eigenvalue weighted by molar-refractivity contribution is -0.121. The van der Waals surface area contributed by atoms with Crippen molar-refractivity contribution in [3.63, 3.8) is 0 Å². The van der Waals surface area contributed by atoms with Crippen LogP contribution in [-0.4, -0.2) is 82.5 Å². The highest BCUT2D eigenvalue weighted by molar-refractivity contribution is 8.00. The van der Waals surface area contributed by atoms with E-state index in [1.54, 1.807) is 28.4 Å². The number of hydrogen-bond acceptors (Lipinski definition) is 8. The summed E-state index contributed by atoms with van der Waals surface area (Å²) >= 11 is 1.91. The highest BCUT2D eigenvalue weighted by Gasteiger charge is 2.42. The Morgan fingerprint density at radius 3 is 2.00 bits per heavy atom. The normalized spacial score (nSPS) is 18.1. The molecule has 288 valence electrons. The Kier molecular flexibility index (Phi) is 19.3. The molecule has 2 aliphatic heterocycles. The molecule has 2 saturated heterocycles. The number of unbranched alkanes of at least 4 members (excludes halogenated alkanes) is 10. The molecule has 0 aromatic heterocycles.